The van der Waals surface area contributed by atoms with Crippen LogP contribution in [0.25, 0.3) is 10.9 Å². The summed E-state index contributed by atoms with van der Waals surface area (Å²) in [6, 6.07) is 21.6. The SMILES string of the molecule is C/C=S(\Nc1ccc(C(=O)N2CCN(Cc3c(F)cccc3F)CC2)cc1)c1cccc2cccnc12. The maximum Gasteiger partial charge on any atom is 0.253 e. The molecule has 1 aliphatic heterocycles. The third kappa shape index (κ3) is 5.55. The van der Waals surface area contributed by atoms with Gasteiger partial charge in [-0.3, -0.25) is 14.7 Å². The number of carbonyl (C=O) groups excluding carboxylic acids is 1. The van der Waals surface area contributed by atoms with Crippen molar-refractivity contribution in [3.63, 3.8) is 0 Å². The molecule has 37 heavy (non-hydrogen) atoms. The van der Waals surface area contributed by atoms with Crippen molar-refractivity contribution in [1.82, 2.24) is 14.8 Å². The number of anilines is 1. The van der Waals surface area contributed by atoms with Crippen molar-refractivity contribution < 1.29 is 13.6 Å². The van der Waals surface area contributed by atoms with E-state index in [1.165, 1.54) is 18.2 Å². The van der Waals surface area contributed by atoms with Crippen LogP contribution >= 0.6 is 10.7 Å². The van der Waals surface area contributed by atoms with E-state index < -0.39 is 11.6 Å². The monoisotopic (exact) mass is 518 g/mol. The highest BCUT2D eigenvalue weighted by atomic mass is 32.2. The number of hydrogen-bond acceptors (Lipinski definition) is 4. The summed E-state index contributed by atoms with van der Waals surface area (Å²) in [7, 11) is -0.358. The van der Waals surface area contributed by atoms with E-state index in [4.69, 9.17) is 0 Å². The Morgan fingerprint density at radius 1 is 0.946 bits per heavy atom. The van der Waals surface area contributed by atoms with E-state index in [9.17, 15) is 13.6 Å². The summed E-state index contributed by atoms with van der Waals surface area (Å²) in [5.41, 5.74) is 2.59. The average molecular weight is 519 g/mol. The molecule has 1 unspecified atom stereocenters. The summed E-state index contributed by atoms with van der Waals surface area (Å²) >= 11 is 0. The van der Waals surface area contributed by atoms with Crippen LogP contribution in [0.1, 0.15) is 22.8 Å². The second-order valence-electron chi connectivity index (χ2n) is 8.85. The first-order valence-corrected chi connectivity index (χ1v) is 13.5. The van der Waals surface area contributed by atoms with Gasteiger partial charge in [-0.2, -0.15) is 0 Å². The maximum atomic E-state index is 14.0. The highest BCUT2D eigenvalue weighted by Gasteiger charge is 2.23. The van der Waals surface area contributed by atoms with Gasteiger partial charge in [0.1, 0.15) is 11.6 Å². The molecule has 1 aliphatic rings. The number of nitrogens with zero attached hydrogens (tertiary/aromatic N) is 3. The molecule has 4 aromatic rings. The van der Waals surface area contributed by atoms with E-state index in [0.717, 1.165) is 21.5 Å². The van der Waals surface area contributed by atoms with Crippen LogP contribution in [0.15, 0.2) is 83.9 Å². The van der Waals surface area contributed by atoms with Gasteiger partial charge in [-0.25, -0.2) is 8.78 Å². The Hall–Kier alpha value is -3.62. The topological polar surface area (TPSA) is 48.5 Å². The van der Waals surface area contributed by atoms with Crippen molar-refractivity contribution in [2.24, 2.45) is 0 Å². The molecule has 1 fully saturated rings. The summed E-state index contributed by atoms with van der Waals surface area (Å²) in [6.45, 7) is 4.37. The summed E-state index contributed by atoms with van der Waals surface area (Å²) in [5, 5.41) is 3.22. The van der Waals surface area contributed by atoms with Gasteiger partial charge in [0.2, 0.25) is 0 Å². The Bertz CT molecular complexity index is 1420. The fourth-order valence-electron chi connectivity index (χ4n) is 4.50. The van der Waals surface area contributed by atoms with Crippen LogP contribution in [0.3, 0.4) is 0 Å². The fraction of sp³-hybridized carbons (Fsp3) is 0.207. The Morgan fingerprint density at radius 3 is 2.32 bits per heavy atom. The van der Waals surface area contributed by atoms with Crippen molar-refractivity contribution >= 4 is 38.5 Å². The van der Waals surface area contributed by atoms with E-state index in [1.807, 2.05) is 54.4 Å². The van der Waals surface area contributed by atoms with Crippen molar-refractivity contribution in [2.75, 3.05) is 30.9 Å². The van der Waals surface area contributed by atoms with Crippen LogP contribution in [-0.2, 0) is 6.54 Å². The lowest BCUT2D eigenvalue weighted by atomic mass is 10.1. The molecule has 0 radical (unpaired) electrons. The quantitative estimate of drug-likeness (QED) is 0.321. The number of aromatic nitrogens is 1. The molecule has 5 nitrogen and oxygen atoms in total. The highest BCUT2D eigenvalue weighted by molar-refractivity contribution is 8.16. The van der Waals surface area contributed by atoms with Crippen molar-refractivity contribution in [2.45, 2.75) is 18.4 Å². The van der Waals surface area contributed by atoms with Crippen molar-refractivity contribution in [3.05, 3.63) is 102 Å². The molecule has 1 N–H and O–H groups in total. The molecule has 1 saturated heterocycles. The van der Waals surface area contributed by atoms with Crippen LogP contribution < -0.4 is 4.72 Å². The molecule has 5 rings (SSSR count). The number of fused-ring (bicyclic) bond motifs is 1. The zero-order valence-electron chi connectivity index (χ0n) is 20.5. The largest absolute Gasteiger partial charge is 0.336 e. The minimum Gasteiger partial charge on any atom is -0.336 e. The Kier molecular flexibility index (Phi) is 7.58. The van der Waals surface area contributed by atoms with Gasteiger partial charge in [-0.1, -0.05) is 34.9 Å². The number of rotatable bonds is 6. The highest BCUT2D eigenvalue weighted by Crippen LogP contribution is 2.33. The molecule has 0 bridgehead atoms. The zero-order chi connectivity index (χ0) is 25.8. The number of halogens is 2. The van der Waals surface area contributed by atoms with Gasteiger partial charge in [0.25, 0.3) is 5.91 Å². The molecule has 0 spiro atoms. The number of para-hydroxylation sites is 1. The molecule has 1 aromatic heterocycles. The second kappa shape index (κ2) is 11.2. The number of piperazine rings is 1. The first-order chi connectivity index (χ1) is 18.0. The number of nitrogens with one attached hydrogen (secondary N) is 1. The van der Waals surface area contributed by atoms with Crippen LogP contribution in [-0.4, -0.2) is 52.2 Å². The van der Waals surface area contributed by atoms with Gasteiger partial charge in [-0.05, 0) is 60.8 Å². The molecule has 1 atom stereocenters. The molecular weight excluding hydrogens is 490 g/mol. The molecule has 3 aromatic carbocycles. The zero-order valence-corrected chi connectivity index (χ0v) is 21.3. The lowest BCUT2D eigenvalue weighted by Gasteiger charge is -2.35. The van der Waals surface area contributed by atoms with Crippen LogP contribution in [0.5, 0.6) is 0 Å². The summed E-state index contributed by atoms with van der Waals surface area (Å²) < 4.78 is 31.5. The Morgan fingerprint density at radius 2 is 1.62 bits per heavy atom. The van der Waals surface area contributed by atoms with E-state index in [0.29, 0.717) is 31.7 Å². The molecular formula is C29H28F2N4OS. The first kappa shape index (κ1) is 25.0. The van der Waals surface area contributed by atoms with E-state index >= 15 is 0 Å². The van der Waals surface area contributed by atoms with Crippen LogP contribution in [0.2, 0.25) is 0 Å². The number of carbonyl (C=O) groups is 1. The third-order valence-corrected chi connectivity index (χ3v) is 8.26. The summed E-state index contributed by atoms with van der Waals surface area (Å²) in [6.07, 6.45) is 1.81. The maximum absolute atomic E-state index is 14.0. The van der Waals surface area contributed by atoms with Gasteiger partial charge < -0.3 is 9.62 Å². The molecule has 190 valence electrons. The van der Waals surface area contributed by atoms with Crippen molar-refractivity contribution in [1.29, 1.82) is 0 Å². The standard InChI is InChI=1S/C29H28F2N4OS/c1-2-37(27-10-3-6-21-7-5-15-32-28(21)27)33-23-13-11-22(12-14-23)29(36)35-18-16-34(17-19-35)20-24-25(30)8-4-9-26(24)31/h2-15,33H,16-20H2,1H3. The summed E-state index contributed by atoms with van der Waals surface area (Å²) in [5.74, 6) is -1.11. The Labute approximate surface area is 217 Å². The van der Waals surface area contributed by atoms with E-state index in [-0.39, 0.29) is 28.7 Å². The molecule has 0 aliphatic carbocycles. The van der Waals surface area contributed by atoms with Crippen LogP contribution in [0.4, 0.5) is 14.5 Å². The predicted octanol–water partition coefficient (Wildman–Crippen LogP) is 5.95. The van der Waals surface area contributed by atoms with Crippen molar-refractivity contribution in [3.8, 4) is 0 Å². The second-order valence-corrected chi connectivity index (χ2v) is 10.6. The lowest BCUT2D eigenvalue weighted by molar-refractivity contribution is 0.0625. The number of amides is 1. The molecule has 8 heteroatoms. The van der Waals surface area contributed by atoms with Gasteiger partial charge in [0.15, 0.2) is 0 Å². The first-order valence-electron chi connectivity index (χ1n) is 12.2. The minimum absolute atomic E-state index is 0.0393. The van der Waals surface area contributed by atoms with E-state index in [2.05, 4.69) is 33.3 Å². The number of pyridine rings is 1. The molecule has 0 saturated carbocycles. The van der Waals surface area contributed by atoms with Crippen LogP contribution in [0, 0.1) is 11.6 Å². The minimum atomic E-state index is -0.535. The molecule has 2 heterocycles. The van der Waals surface area contributed by atoms with Gasteiger partial charge >= 0.3 is 0 Å². The predicted molar refractivity (Wildman–Crippen MR) is 147 cm³/mol. The molecule has 1 amide bonds. The average Bonchev–Trinajstić information content (AvgIpc) is 2.94. The van der Waals surface area contributed by atoms with Gasteiger partial charge in [-0.15, -0.1) is 0 Å². The van der Waals surface area contributed by atoms with Gasteiger partial charge in [0, 0.05) is 66.0 Å². The third-order valence-electron chi connectivity index (χ3n) is 6.53. The summed E-state index contributed by atoms with van der Waals surface area (Å²) in [4.78, 5) is 22.5. The fourth-order valence-corrected chi connectivity index (χ4v) is 5.98. The van der Waals surface area contributed by atoms with Gasteiger partial charge in [0.05, 0.1) is 5.52 Å². The lowest BCUT2D eigenvalue weighted by Crippen LogP contribution is -2.48. The normalized spacial score (nSPS) is 15.2. The van der Waals surface area contributed by atoms with E-state index in [1.54, 1.807) is 4.90 Å². The number of benzene rings is 3. The Balaban J connectivity index is 1.21. The smallest absolute Gasteiger partial charge is 0.253 e. The number of hydrogen-bond donors (Lipinski definition) is 1.